The summed E-state index contributed by atoms with van der Waals surface area (Å²) in [6, 6.07) is 17.6. The van der Waals surface area contributed by atoms with Crippen molar-refractivity contribution in [2.24, 2.45) is 5.92 Å². The number of anilines is 1. The van der Waals surface area contributed by atoms with Gasteiger partial charge in [-0.15, -0.1) is 0 Å². The number of carbonyl (C=O) groups excluding carboxylic acids is 2. The lowest BCUT2D eigenvalue weighted by atomic mass is 10.1. The number of piperazine rings is 1. The number of benzene rings is 2. The van der Waals surface area contributed by atoms with E-state index in [1.807, 2.05) is 35.4 Å². The van der Waals surface area contributed by atoms with E-state index in [2.05, 4.69) is 34.1 Å². The van der Waals surface area contributed by atoms with Crippen molar-refractivity contribution >= 4 is 40.0 Å². The van der Waals surface area contributed by atoms with Crippen molar-refractivity contribution in [2.75, 3.05) is 37.6 Å². The molecule has 164 valence electrons. The molecule has 0 saturated carbocycles. The van der Waals surface area contributed by atoms with Gasteiger partial charge in [-0.1, -0.05) is 48.0 Å². The van der Waals surface area contributed by atoms with E-state index in [9.17, 15) is 9.59 Å². The van der Waals surface area contributed by atoms with Gasteiger partial charge in [0.2, 0.25) is 11.8 Å². The number of hydrogen-bond acceptors (Lipinski definition) is 4. The molecule has 0 spiro atoms. The van der Waals surface area contributed by atoms with Crippen LogP contribution in [0.15, 0.2) is 60.8 Å². The Morgan fingerprint density at radius 3 is 2.59 bits per heavy atom. The Morgan fingerprint density at radius 1 is 1.00 bits per heavy atom. The van der Waals surface area contributed by atoms with Crippen molar-refractivity contribution in [2.45, 2.75) is 13.0 Å². The number of nitrogens with zero attached hydrogens (tertiary/aromatic N) is 4. The molecule has 32 heavy (non-hydrogen) atoms. The first-order valence-electron chi connectivity index (χ1n) is 11.0. The Hall–Kier alpha value is -2.96. The van der Waals surface area contributed by atoms with Crippen LogP contribution in [0.1, 0.15) is 12.0 Å². The zero-order valence-corrected chi connectivity index (χ0v) is 18.5. The number of fused-ring (bicyclic) bond motifs is 1. The van der Waals surface area contributed by atoms with Crippen LogP contribution in [-0.4, -0.2) is 59.3 Å². The Morgan fingerprint density at radius 2 is 1.78 bits per heavy atom. The molecule has 1 unspecified atom stereocenters. The van der Waals surface area contributed by atoms with Gasteiger partial charge in [0.15, 0.2) is 0 Å². The predicted molar refractivity (Wildman–Crippen MR) is 126 cm³/mol. The summed E-state index contributed by atoms with van der Waals surface area (Å²) in [5, 5.41) is 1.68. The summed E-state index contributed by atoms with van der Waals surface area (Å²) in [5.74, 6) is -0.287. The van der Waals surface area contributed by atoms with Crippen LogP contribution in [0, 0.1) is 5.92 Å². The van der Waals surface area contributed by atoms with Crippen LogP contribution in [0.3, 0.4) is 0 Å². The van der Waals surface area contributed by atoms with E-state index >= 15 is 0 Å². The Balaban J connectivity index is 1.20. The summed E-state index contributed by atoms with van der Waals surface area (Å²) in [6.07, 6.45) is 2.07. The predicted octanol–water partition coefficient (Wildman–Crippen LogP) is 3.59. The van der Waals surface area contributed by atoms with Gasteiger partial charge in [-0.2, -0.15) is 0 Å². The quantitative estimate of drug-likeness (QED) is 0.612. The number of hydrogen-bond donors (Lipinski definition) is 0. The molecule has 2 aliphatic rings. The molecule has 2 aromatic carbocycles. The summed E-state index contributed by atoms with van der Waals surface area (Å²) >= 11 is 6.27. The largest absolute Gasteiger partial charge is 0.340 e. The molecule has 0 bridgehead atoms. The van der Waals surface area contributed by atoms with Crippen molar-refractivity contribution in [3.8, 4) is 0 Å². The number of para-hydroxylation sites is 2. The molecule has 2 fully saturated rings. The average molecular weight is 449 g/mol. The standard InChI is InChI=1S/C25H25ClN4O2/c26-21-8-1-2-9-22(21)30-17-20(15-23(30)31)25(32)29-13-11-28(12-14-29)16-19-6-3-5-18-7-4-10-27-24(18)19/h1-10,20H,11-17H2. The van der Waals surface area contributed by atoms with Crippen LogP contribution in [0.2, 0.25) is 5.02 Å². The third-order valence-electron chi connectivity index (χ3n) is 6.41. The van der Waals surface area contributed by atoms with Crippen molar-refractivity contribution < 1.29 is 9.59 Å². The number of amides is 2. The van der Waals surface area contributed by atoms with Crippen molar-refractivity contribution in [1.82, 2.24) is 14.8 Å². The van der Waals surface area contributed by atoms with Gasteiger partial charge >= 0.3 is 0 Å². The summed E-state index contributed by atoms with van der Waals surface area (Å²) in [5.41, 5.74) is 2.93. The number of rotatable bonds is 4. The van der Waals surface area contributed by atoms with Gasteiger partial charge in [-0.25, -0.2) is 0 Å². The zero-order valence-electron chi connectivity index (χ0n) is 17.8. The van der Waals surface area contributed by atoms with Crippen LogP contribution in [0.5, 0.6) is 0 Å². The number of aromatic nitrogens is 1. The van der Waals surface area contributed by atoms with E-state index < -0.39 is 0 Å². The molecule has 1 aromatic heterocycles. The van der Waals surface area contributed by atoms with E-state index in [1.54, 1.807) is 11.0 Å². The molecule has 0 N–H and O–H groups in total. The molecule has 3 heterocycles. The molecule has 3 aromatic rings. The minimum Gasteiger partial charge on any atom is -0.340 e. The van der Waals surface area contributed by atoms with Crippen LogP contribution in [0.4, 0.5) is 5.69 Å². The number of carbonyl (C=O) groups is 2. The second kappa shape index (κ2) is 8.88. The molecule has 7 heteroatoms. The van der Waals surface area contributed by atoms with E-state index in [-0.39, 0.29) is 24.2 Å². The second-order valence-corrected chi connectivity index (χ2v) is 8.86. The van der Waals surface area contributed by atoms with Crippen LogP contribution >= 0.6 is 11.6 Å². The highest BCUT2D eigenvalue weighted by atomic mass is 35.5. The minimum absolute atomic E-state index is 0.0430. The molecule has 1 atom stereocenters. The average Bonchev–Trinajstić information content (AvgIpc) is 3.21. The zero-order chi connectivity index (χ0) is 22.1. The Bertz CT molecular complexity index is 1150. The van der Waals surface area contributed by atoms with Gasteiger partial charge in [0, 0.05) is 57.3 Å². The van der Waals surface area contributed by atoms with Gasteiger partial charge in [0.05, 0.1) is 22.1 Å². The molecule has 0 aliphatic carbocycles. The monoisotopic (exact) mass is 448 g/mol. The first-order valence-corrected chi connectivity index (χ1v) is 11.4. The van der Waals surface area contributed by atoms with E-state index in [0.717, 1.165) is 30.5 Å². The lowest BCUT2D eigenvalue weighted by Crippen LogP contribution is -2.50. The van der Waals surface area contributed by atoms with Gasteiger partial charge in [-0.05, 0) is 23.8 Å². The fourth-order valence-electron chi connectivity index (χ4n) is 4.70. The highest BCUT2D eigenvalue weighted by molar-refractivity contribution is 6.33. The third kappa shape index (κ3) is 4.08. The highest BCUT2D eigenvalue weighted by Gasteiger charge is 2.38. The smallest absolute Gasteiger partial charge is 0.228 e. The summed E-state index contributed by atoms with van der Waals surface area (Å²) in [6.45, 7) is 4.18. The lowest BCUT2D eigenvalue weighted by Gasteiger charge is -2.36. The molecule has 2 amide bonds. The molecule has 0 radical (unpaired) electrons. The van der Waals surface area contributed by atoms with Gasteiger partial charge in [0.1, 0.15) is 0 Å². The highest BCUT2D eigenvalue weighted by Crippen LogP contribution is 2.31. The first kappa shape index (κ1) is 20.9. The van der Waals surface area contributed by atoms with E-state index in [1.165, 1.54) is 5.56 Å². The van der Waals surface area contributed by atoms with Crippen molar-refractivity contribution in [3.05, 3.63) is 71.4 Å². The van der Waals surface area contributed by atoms with Crippen molar-refractivity contribution in [1.29, 1.82) is 0 Å². The minimum atomic E-state index is -0.312. The Kier molecular flexibility index (Phi) is 5.81. The molecule has 6 nitrogen and oxygen atoms in total. The molecule has 2 saturated heterocycles. The van der Waals surface area contributed by atoms with E-state index in [4.69, 9.17) is 11.6 Å². The normalized spacial score (nSPS) is 19.7. The van der Waals surface area contributed by atoms with Gasteiger partial charge in [0.25, 0.3) is 0 Å². The summed E-state index contributed by atoms with van der Waals surface area (Å²) in [7, 11) is 0. The molecule has 2 aliphatic heterocycles. The van der Waals surface area contributed by atoms with Gasteiger partial charge < -0.3 is 9.80 Å². The van der Waals surface area contributed by atoms with Crippen LogP contribution < -0.4 is 4.90 Å². The van der Waals surface area contributed by atoms with Gasteiger partial charge in [-0.3, -0.25) is 19.5 Å². The lowest BCUT2D eigenvalue weighted by molar-refractivity contribution is -0.137. The maximum atomic E-state index is 13.1. The molecule has 5 rings (SSSR count). The second-order valence-electron chi connectivity index (χ2n) is 8.45. The Labute approximate surface area is 192 Å². The topological polar surface area (TPSA) is 56.8 Å². The van der Waals surface area contributed by atoms with Crippen molar-refractivity contribution in [3.63, 3.8) is 0 Å². The fourth-order valence-corrected chi connectivity index (χ4v) is 4.93. The number of halogens is 1. The maximum Gasteiger partial charge on any atom is 0.228 e. The van der Waals surface area contributed by atoms with E-state index in [0.29, 0.717) is 30.3 Å². The third-order valence-corrected chi connectivity index (χ3v) is 6.73. The van der Waals surface area contributed by atoms with Crippen LogP contribution in [0.25, 0.3) is 10.9 Å². The SMILES string of the molecule is O=C(C1CC(=O)N(c2ccccc2Cl)C1)N1CCN(Cc2cccc3cccnc23)CC1. The molecular formula is C25H25ClN4O2. The maximum absolute atomic E-state index is 13.1. The number of pyridine rings is 1. The molecular weight excluding hydrogens is 424 g/mol. The first-order chi connectivity index (χ1) is 15.6. The summed E-state index contributed by atoms with van der Waals surface area (Å²) < 4.78 is 0. The fraction of sp³-hybridized carbons (Fsp3) is 0.320. The summed E-state index contributed by atoms with van der Waals surface area (Å²) in [4.78, 5) is 36.2. The van der Waals surface area contributed by atoms with Crippen LogP contribution in [-0.2, 0) is 16.1 Å².